The van der Waals surface area contributed by atoms with Crippen LogP contribution >= 0.6 is 24.0 Å². The normalized spacial score (nSPS) is 20.0. The number of hydrogen-bond acceptors (Lipinski definition) is 4. The number of likely N-dealkylation sites (N-methyl/N-ethyl adjacent to an activating group) is 1. The average Bonchev–Trinajstić information content (AvgIpc) is 3.02. The minimum atomic E-state index is -0.0855. The molecule has 1 fully saturated rings. The molecule has 1 aromatic carbocycles. The van der Waals surface area contributed by atoms with Gasteiger partial charge in [0.15, 0.2) is 5.96 Å². The number of aliphatic imine (C=N–C) groups is 1. The fourth-order valence-corrected chi connectivity index (χ4v) is 2.74. The standard InChI is InChI=1S/C19H32N4O2.HI/c1-19(9-6-11-25-19)15-22-18(20-2)21-14-16-7-5-8-17(13-16)24-12-10-23(3)4;/h5,7-8,13H,6,9-12,14-15H2,1-4H3,(H2,20,21,22);1H. The molecule has 1 unspecified atom stereocenters. The Bertz CT molecular complexity index is 560. The number of hydrogen-bond donors (Lipinski definition) is 2. The summed E-state index contributed by atoms with van der Waals surface area (Å²) in [5.74, 6) is 1.69. The molecule has 2 N–H and O–H groups in total. The van der Waals surface area contributed by atoms with Crippen molar-refractivity contribution in [2.24, 2.45) is 4.99 Å². The van der Waals surface area contributed by atoms with Crippen molar-refractivity contribution in [2.45, 2.75) is 31.9 Å². The van der Waals surface area contributed by atoms with E-state index in [4.69, 9.17) is 9.47 Å². The minimum absolute atomic E-state index is 0. The van der Waals surface area contributed by atoms with E-state index < -0.39 is 0 Å². The third-order valence-corrected chi connectivity index (χ3v) is 4.32. The Morgan fingerprint density at radius 2 is 2.15 bits per heavy atom. The summed E-state index contributed by atoms with van der Waals surface area (Å²) < 4.78 is 11.6. The lowest BCUT2D eigenvalue weighted by Crippen LogP contribution is -2.45. The highest BCUT2D eigenvalue weighted by Crippen LogP contribution is 2.23. The Hall–Kier alpha value is -1.06. The van der Waals surface area contributed by atoms with Gasteiger partial charge in [-0.25, -0.2) is 0 Å². The summed E-state index contributed by atoms with van der Waals surface area (Å²) in [6.45, 7) is 6.05. The van der Waals surface area contributed by atoms with Crippen LogP contribution in [0.5, 0.6) is 5.75 Å². The molecule has 0 aromatic heterocycles. The van der Waals surface area contributed by atoms with Gasteiger partial charge in [-0.15, -0.1) is 24.0 Å². The van der Waals surface area contributed by atoms with Crippen molar-refractivity contribution in [3.8, 4) is 5.75 Å². The second kappa shape index (κ2) is 11.6. The van der Waals surface area contributed by atoms with Crippen molar-refractivity contribution in [3.63, 3.8) is 0 Å². The molecule has 2 rings (SSSR count). The van der Waals surface area contributed by atoms with Gasteiger partial charge in [0.05, 0.1) is 5.60 Å². The second-order valence-electron chi connectivity index (χ2n) is 6.98. The molecule has 1 saturated heterocycles. The maximum atomic E-state index is 5.80. The molecule has 7 heteroatoms. The third kappa shape index (κ3) is 8.09. The molecular formula is C19H33IN4O2. The van der Waals surface area contributed by atoms with Crippen LogP contribution in [-0.4, -0.2) is 63.9 Å². The maximum absolute atomic E-state index is 5.80. The molecule has 1 heterocycles. The van der Waals surface area contributed by atoms with E-state index in [-0.39, 0.29) is 29.6 Å². The summed E-state index contributed by atoms with van der Waals surface area (Å²) in [6, 6.07) is 8.16. The van der Waals surface area contributed by atoms with Crippen molar-refractivity contribution in [1.82, 2.24) is 15.5 Å². The summed E-state index contributed by atoms with van der Waals surface area (Å²) >= 11 is 0. The molecular weight excluding hydrogens is 443 g/mol. The van der Waals surface area contributed by atoms with Gasteiger partial charge in [-0.2, -0.15) is 0 Å². The molecule has 1 atom stereocenters. The predicted molar refractivity (Wildman–Crippen MR) is 118 cm³/mol. The molecule has 1 aliphatic heterocycles. The zero-order chi connectivity index (χ0) is 18.1. The fraction of sp³-hybridized carbons (Fsp3) is 0.632. The van der Waals surface area contributed by atoms with Crippen molar-refractivity contribution < 1.29 is 9.47 Å². The van der Waals surface area contributed by atoms with Gasteiger partial charge in [0.2, 0.25) is 0 Å². The van der Waals surface area contributed by atoms with E-state index in [1.54, 1.807) is 7.05 Å². The van der Waals surface area contributed by atoms with Crippen LogP contribution in [0.2, 0.25) is 0 Å². The molecule has 26 heavy (non-hydrogen) atoms. The molecule has 1 aromatic rings. The third-order valence-electron chi connectivity index (χ3n) is 4.32. The summed E-state index contributed by atoms with van der Waals surface area (Å²) in [4.78, 5) is 6.40. The van der Waals surface area contributed by atoms with E-state index >= 15 is 0 Å². The van der Waals surface area contributed by atoms with Crippen LogP contribution in [-0.2, 0) is 11.3 Å². The highest BCUT2D eigenvalue weighted by atomic mass is 127. The number of rotatable bonds is 8. The van der Waals surface area contributed by atoms with E-state index in [2.05, 4.69) is 39.6 Å². The number of halogens is 1. The lowest BCUT2D eigenvalue weighted by atomic mass is 10.0. The van der Waals surface area contributed by atoms with Gasteiger partial charge in [-0.3, -0.25) is 4.99 Å². The first kappa shape index (κ1) is 23.0. The van der Waals surface area contributed by atoms with Crippen LogP contribution in [0, 0.1) is 0 Å². The molecule has 6 nitrogen and oxygen atoms in total. The molecule has 0 aliphatic carbocycles. The Labute approximate surface area is 174 Å². The van der Waals surface area contributed by atoms with E-state index in [1.807, 2.05) is 26.2 Å². The molecule has 0 spiro atoms. The number of ether oxygens (including phenoxy) is 2. The number of nitrogens with one attached hydrogen (secondary N) is 2. The fourth-order valence-electron chi connectivity index (χ4n) is 2.74. The lowest BCUT2D eigenvalue weighted by Gasteiger charge is -2.24. The number of nitrogens with zero attached hydrogens (tertiary/aromatic N) is 2. The first-order valence-electron chi connectivity index (χ1n) is 8.96. The largest absolute Gasteiger partial charge is 0.492 e. The highest BCUT2D eigenvalue weighted by molar-refractivity contribution is 14.0. The van der Waals surface area contributed by atoms with Crippen LogP contribution in [0.1, 0.15) is 25.3 Å². The number of guanidine groups is 1. The first-order chi connectivity index (χ1) is 12.0. The van der Waals surface area contributed by atoms with Crippen LogP contribution < -0.4 is 15.4 Å². The van der Waals surface area contributed by atoms with Crippen LogP contribution in [0.25, 0.3) is 0 Å². The Balaban J connectivity index is 0.00000338. The van der Waals surface area contributed by atoms with Gasteiger partial charge in [-0.1, -0.05) is 12.1 Å². The first-order valence-corrected chi connectivity index (χ1v) is 8.96. The summed E-state index contributed by atoms with van der Waals surface area (Å²) in [5.41, 5.74) is 1.08. The Kier molecular flexibility index (Phi) is 10.3. The molecule has 0 radical (unpaired) electrons. The van der Waals surface area contributed by atoms with Gasteiger partial charge in [-0.05, 0) is 51.6 Å². The van der Waals surface area contributed by atoms with Gasteiger partial charge < -0.3 is 25.0 Å². The lowest BCUT2D eigenvalue weighted by molar-refractivity contribution is 0.0243. The Morgan fingerprint density at radius 1 is 1.35 bits per heavy atom. The van der Waals surface area contributed by atoms with Crippen molar-refractivity contribution in [2.75, 3.05) is 47.4 Å². The van der Waals surface area contributed by atoms with Gasteiger partial charge in [0, 0.05) is 33.3 Å². The zero-order valence-corrected chi connectivity index (χ0v) is 18.7. The second-order valence-corrected chi connectivity index (χ2v) is 6.98. The van der Waals surface area contributed by atoms with E-state index in [1.165, 1.54) is 0 Å². The van der Waals surface area contributed by atoms with E-state index in [9.17, 15) is 0 Å². The molecule has 0 bridgehead atoms. The molecule has 148 valence electrons. The van der Waals surface area contributed by atoms with Gasteiger partial charge in [0.25, 0.3) is 0 Å². The SMILES string of the molecule is CN=C(NCc1cccc(OCCN(C)C)c1)NCC1(C)CCCO1.I. The average molecular weight is 476 g/mol. The van der Waals surface area contributed by atoms with Crippen molar-refractivity contribution >= 4 is 29.9 Å². The smallest absolute Gasteiger partial charge is 0.191 e. The quantitative estimate of drug-likeness (QED) is 0.343. The van der Waals surface area contributed by atoms with Crippen LogP contribution in [0.3, 0.4) is 0 Å². The maximum Gasteiger partial charge on any atom is 0.191 e. The number of benzene rings is 1. The van der Waals surface area contributed by atoms with Crippen molar-refractivity contribution in [1.29, 1.82) is 0 Å². The van der Waals surface area contributed by atoms with E-state index in [0.29, 0.717) is 13.2 Å². The van der Waals surface area contributed by atoms with Crippen LogP contribution in [0.15, 0.2) is 29.3 Å². The molecule has 0 amide bonds. The molecule has 1 aliphatic rings. The van der Waals surface area contributed by atoms with E-state index in [0.717, 1.165) is 49.8 Å². The molecule has 0 saturated carbocycles. The predicted octanol–water partition coefficient (Wildman–Crippen LogP) is 2.48. The highest BCUT2D eigenvalue weighted by Gasteiger charge is 2.29. The summed E-state index contributed by atoms with van der Waals surface area (Å²) in [7, 11) is 5.87. The van der Waals surface area contributed by atoms with Crippen molar-refractivity contribution in [3.05, 3.63) is 29.8 Å². The van der Waals surface area contributed by atoms with Gasteiger partial charge >= 0.3 is 0 Å². The summed E-state index contributed by atoms with van der Waals surface area (Å²) in [5, 5.41) is 6.71. The topological polar surface area (TPSA) is 58.1 Å². The zero-order valence-electron chi connectivity index (χ0n) is 16.4. The Morgan fingerprint density at radius 3 is 2.81 bits per heavy atom. The summed E-state index contributed by atoms with van der Waals surface area (Å²) in [6.07, 6.45) is 2.22. The monoisotopic (exact) mass is 476 g/mol. The van der Waals surface area contributed by atoms with Crippen LogP contribution in [0.4, 0.5) is 0 Å². The minimum Gasteiger partial charge on any atom is -0.492 e. The van der Waals surface area contributed by atoms with Gasteiger partial charge in [0.1, 0.15) is 12.4 Å².